The lowest BCUT2D eigenvalue weighted by Crippen LogP contribution is -2.33. The highest BCUT2D eigenvalue weighted by Gasteiger charge is 2.60. The lowest BCUT2D eigenvalue weighted by molar-refractivity contribution is -0.384. The number of methoxy groups -OCH3 is 1. The zero-order valence-electron chi connectivity index (χ0n) is 12.3. The summed E-state index contributed by atoms with van der Waals surface area (Å²) in [5, 5.41) is 11.0. The predicted molar refractivity (Wildman–Crippen MR) is 79.9 cm³/mol. The molecule has 2 fully saturated rings. The van der Waals surface area contributed by atoms with Crippen LogP contribution in [-0.2, 0) is 9.59 Å². The number of imide groups is 1. The van der Waals surface area contributed by atoms with Crippen LogP contribution in [0.4, 0.5) is 11.4 Å². The number of benzene rings is 1. The number of nitrogens with zero attached hydrogens (tertiary/aromatic N) is 2. The SMILES string of the molecule is COc1ccc([N+](=O)[O-])cc1N1C(=O)[C@@H]2[C@H](C1=O)[C@H]1C=C[C@@H]2C1. The van der Waals surface area contributed by atoms with Crippen molar-refractivity contribution in [2.45, 2.75) is 6.42 Å². The maximum atomic E-state index is 12.8. The number of nitro benzene ring substituents is 1. The van der Waals surface area contributed by atoms with Crippen LogP contribution in [0.3, 0.4) is 0 Å². The summed E-state index contributed by atoms with van der Waals surface area (Å²) in [6.07, 6.45) is 4.85. The third kappa shape index (κ3) is 1.76. The van der Waals surface area contributed by atoms with Gasteiger partial charge in [0.25, 0.3) is 5.69 Å². The van der Waals surface area contributed by atoms with Crippen LogP contribution in [-0.4, -0.2) is 23.8 Å². The molecular weight excluding hydrogens is 300 g/mol. The van der Waals surface area contributed by atoms with Gasteiger partial charge in [-0.05, 0) is 24.3 Å². The molecule has 4 atom stereocenters. The molecule has 2 bridgehead atoms. The minimum absolute atomic E-state index is 0.0937. The first-order valence-corrected chi connectivity index (χ1v) is 7.41. The molecule has 1 heterocycles. The monoisotopic (exact) mass is 314 g/mol. The molecule has 118 valence electrons. The molecule has 2 amide bonds. The van der Waals surface area contributed by atoms with Gasteiger partial charge in [-0.1, -0.05) is 12.2 Å². The number of nitro groups is 1. The fourth-order valence-corrected chi connectivity index (χ4v) is 4.11. The molecule has 1 saturated carbocycles. The number of carbonyl (C=O) groups excluding carboxylic acids is 2. The van der Waals surface area contributed by atoms with Crippen molar-refractivity contribution in [3.8, 4) is 5.75 Å². The van der Waals surface area contributed by atoms with Crippen LogP contribution in [0.1, 0.15) is 6.42 Å². The Kier molecular flexibility index (Phi) is 2.81. The van der Waals surface area contributed by atoms with Gasteiger partial charge in [0.2, 0.25) is 11.8 Å². The van der Waals surface area contributed by atoms with Gasteiger partial charge < -0.3 is 4.74 Å². The van der Waals surface area contributed by atoms with E-state index in [0.717, 1.165) is 11.3 Å². The molecule has 4 rings (SSSR count). The number of fused-ring (bicyclic) bond motifs is 5. The summed E-state index contributed by atoms with van der Waals surface area (Å²) >= 11 is 0. The third-order valence-electron chi connectivity index (χ3n) is 5.08. The van der Waals surface area contributed by atoms with E-state index in [9.17, 15) is 19.7 Å². The van der Waals surface area contributed by atoms with Gasteiger partial charge in [0.05, 0.1) is 23.9 Å². The zero-order valence-corrected chi connectivity index (χ0v) is 12.3. The molecule has 7 nitrogen and oxygen atoms in total. The number of ether oxygens (including phenoxy) is 1. The van der Waals surface area contributed by atoms with Gasteiger partial charge in [0.1, 0.15) is 11.4 Å². The first kappa shape index (κ1) is 13.9. The maximum absolute atomic E-state index is 12.8. The van der Waals surface area contributed by atoms with Gasteiger partial charge >= 0.3 is 0 Å². The normalized spacial score (nSPS) is 30.9. The summed E-state index contributed by atoms with van der Waals surface area (Å²) in [5.74, 6) is -0.793. The number of hydrogen-bond donors (Lipinski definition) is 0. The van der Waals surface area contributed by atoms with Crippen LogP contribution in [0, 0.1) is 33.8 Å². The van der Waals surface area contributed by atoms with E-state index in [-0.39, 0.29) is 52.6 Å². The summed E-state index contributed by atoms with van der Waals surface area (Å²) in [7, 11) is 1.40. The van der Waals surface area contributed by atoms with Gasteiger partial charge in [0.15, 0.2) is 0 Å². The quantitative estimate of drug-likeness (QED) is 0.368. The fraction of sp³-hybridized carbons (Fsp3) is 0.375. The van der Waals surface area contributed by atoms with Crippen LogP contribution < -0.4 is 9.64 Å². The minimum atomic E-state index is -0.556. The van der Waals surface area contributed by atoms with Crippen molar-refractivity contribution in [3.05, 3.63) is 40.5 Å². The Balaban J connectivity index is 1.80. The molecular formula is C16H14N2O5. The largest absolute Gasteiger partial charge is 0.495 e. The Morgan fingerprint density at radius 2 is 1.78 bits per heavy atom. The minimum Gasteiger partial charge on any atom is -0.495 e. The molecule has 1 saturated heterocycles. The lowest BCUT2D eigenvalue weighted by Gasteiger charge is -2.19. The van der Waals surface area contributed by atoms with Crippen molar-refractivity contribution in [1.29, 1.82) is 0 Å². The van der Waals surface area contributed by atoms with E-state index < -0.39 is 4.92 Å². The summed E-state index contributed by atoms with van der Waals surface area (Å²) in [5.41, 5.74) is -0.0231. The van der Waals surface area contributed by atoms with E-state index in [4.69, 9.17) is 4.74 Å². The molecule has 1 aliphatic heterocycles. The highest BCUT2D eigenvalue weighted by molar-refractivity contribution is 6.23. The molecule has 1 aromatic rings. The average Bonchev–Trinajstić information content (AvgIpc) is 3.21. The number of carbonyl (C=O) groups is 2. The summed E-state index contributed by atoms with van der Waals surface area (Å²) in [4.78, 5) is 37.1. The molecule has 0 unspecified atom stereocenters. The van der Waals surface area contributed by atoms with Crippen molar-refractivity contribution < 1.29 is 19.2 Å². The fourth-order valence-electron chi connectivity index (χ4n) is 4.11. The van der Waals surface area contributed by atoms with E-state index in [0.29, 0.717) is 0 Å². The van der Waals surface area contributed by atoms with Gasteiger partial charge in [-0.15, -0.1) is 0 Å². The molecule has 3 aliphatic rings. The van der Waals surface area contributed by atoms with Gasteiger partial charge in [-0.2, -0.15) is 0 Å². The Hall–Kier alpha value is -2.70. The second-order valence-electron chi connectivity index (χ2n) is 6.13. The Morgan fingerprint density at radius 3 is 2.30 bits per heavy atom. The summed E-state index contributed by atoms with van der Waals surface area (Å²) in [6.45, 7) is 0. The molecule has 23 heavy (non-hydrogen) atoms. The Bertz CT molecular complexity index is 742. The maximum Gasteiger partial charge on any atom is 0.271 e. The predicted octanol–water partition coefficient (Wildman–Crippen LogP) is 1.91. The summed E-state index contributed by atoms with van der Waals surface area (Å²) in [6, 6.07) is 3.93. The van der Waals surface area contributed by atoms with E-state index in [1.807, 2.05) is 12.2 Å². The molecule has 7 heteroatoms. The molecule has 0 radical (unpaired) electrons. The molecule has 0 aromatic heterocycles. The number of anilines is 1. The Morgan fingerprint density at radius 1 is 1.17 bits per heavy atom. The van der Waals surface area contributed by atoms with E-state index in [2.05, 4.69) is 0 Å². The van der Waals surface area contributed by atoms with Gasteiger partial charge in [-0.25, -0.2) is 4.90 Å². The third-order valence-corrected chi connectivity index (χ3v) is 5.08. The second kappa shape index (κ2) is 4.65. The van der Waals surface area contributed by atoms with Crippen LogP contribution >= 0.6 is 0 Å². The van der Waals surface area contributed by atoms with E-state index in [1.165, 1.54) is 25.3 Å². The van der Waals surface area contributed by atoms with E-state index in [1.54, 1.807) is 0 Å². The Labute approximate surface area is 131 Å². The lowest BCUT2D eigenvalue weighted by atomic mass is 9.85. The molecule has 2 aliphatic carbocycles. The average molecular weight is 314 g/mol. The zero-order chi connectivity index (χ0) is 16.3. The van der Waals surface area contributed by atoms with Crippen LogP contribution in [0.2, 0.25) is 0 Å². The smallest absolute Gasteiger partial charge is 0.271 e. The van der Waals surface area contributed by atoms with Crippen LogP contribution in [0.25, 0.3) is 0 Å². The summed E-state index contributed by atoms with van der Waals surface area (Å²) < 4.78 is 5.20. The van der Waals surface area contributed by atoms with Crippen molar-refractivity contribution in [1.82, 2.24) is 0 Å². The van der Waals surface area contributed by atoms with Crippen LogP contribution in [0.5, 0.6) is 5.75 Å². The number of rotatable bonds is 3. The van der Waals surface area contributed by atoms with Crippen molar-refractivity contribution in [3.63, 3.8) is 0 Å². The van der Waals surface area contributed by atoms with Gasteiger partial charge in [-0.3, -0.25) is 19.7 Å². The van der Waals surface area contributed by atoms with Crippen molar-refractivity contribution >= 4 is 23.2 Å². The van der Waals surface area contributed by atoms with Crippen LogP contribution in [0.15, 0.2) is 30.4 Å². The number of hydrogen-bond acceptors (Lipinski definition) is 5. The second-order valence-corrected chi connectivity index (χ2v) is 6.13. The van der Waals surface area contributed by atoms with E-state index >= 15 is 0 Å². The highest BCUT2D eigenvalue weighted by Crippen LogP contribution is 2.54. The van der Waals surface area contributed by atoms with Gasteiger partial charge in [0, 0.05) is 12.1 Å². The topological polar surface area (TPSA) is 89.8 Å². The first-order valence-electron chi connectivity index (χ1n) is 7.41. The number of allylic oxidation sites excluding steroid dienone is 2. The molecule has 0 spiro atoms. The highest BCUT2D eigenvalue weighted by atomic mass is 16.6. The van der Waals surface area contributed by atoms with Crippen molar-refractivity contribution in [2.75, 3.05) is 12.0 Å². The standard InChI is InChI=1S/C16H14N2O5/c1-23-12-5-4-10(18(21)22)7-11(12)17-15(19)13-8-2-3-9(6-8)14(13)16(17)20/h2-5,7-9,13-14H,6H2,1H3/t8-,9+,13+,14-. The first-order chi connectivity index (χ1) is 11.0. The molecule has 1 aromatic carbocycles. The van der Waals surface area contributed by atoms with Crippen molar-refractivity contribution in [2.24, 2.45) is 23.7 Å². The molecule has 0 N–H and O–H groups in total. The number of non-ortho nitro benzene ring substituents is 1. The number of amides is 2.